The third-order valence-corrected chi connectivity index (χ3v) is 11.2. The van der Waals surface area contributed by atoms with Crippen LogP contribution in [0.2, 0.25) is 0 Å². The van der Waals surface area contributed by atoms with Crippen LogP contribution in [0, 0.1) is 0 Å². The molecule has 1 unspecified atom stereocenters. The lowest BCUT2D eigenvalue weighted by Crippen LogP contribution is -2.30. The van der Waals surface area contributed by atoms with Gasteiger partial charge in [-0.05, 0) is 64.2 Å². The van der Waals surface area contributed by atoms with E-state index in [9.17, 15) is 14.4 Å². The lowest BCUT2D eigenvalue weighted by atomic mass is 10.0. The number of rotatable bonds is 46. The maximum atomic E-state index is 12.7. The lowest BCUT2D eigenvalue weighted by Gasteiger charge is -2.18. The van der Waals surface area contributed by atoms with Crippen LogP contribution in [0.15, 0.2) is 24.3 Å². The first-order valence-corrected chi connectivity index (χ1v) is 25.3. The molecule has 0 saturated carbocycles. The molecular weight excluding hydrogens is 721 g/mol. The normalized spacial score (nSPS) is 12.1. The second-order valence-corrected chi connectivity index (χ2v) is 17.1. The van der Waals surface area contributed by atoms with Crippen molar-refractivity contribution in [2.45, 2.75) is 277 Å². The highest BCUT2D eigenvalue weighted by atomic mass is 16.6. The lowest BCUT2D eigenvalue weighted by molar-refractivity contribution is -0.167. The van der Waals surface area contributed by atoms with Gasteiger partial charge in [-0.1, -0.05) is 212 Å². The molecule has 0 heterocycles. The third kappa shape index (κ3) is 45.0. The number of carbonyl (C=O) groups is 3. The summed E-state index contributed by atoms with van der Waals surface area (Å²) >= 11 is 0. The summed E-state index contributed by atoms with van der Waals surface area (Å²) in [5.74, 6) is -0.877. The largest absolute Gasteiger partial charge is 0.462 e. The van der Waals surface area contributed by atoms with Gasteiger partial charge in [0.2, 0.25) is 0 Å². The fourth-order valence-electron chi connectivity index (χ4n) is 7.30. The molecule has 0 saturated heterocycles. The second kappa shape index (κ2) is 47.6. The van der Waals surface area contributed by atoms with Crippen molar-refractivity contribution < 1.29 is 28.6 Å². The van der Waals surface area contributed by atoms with E-state index in [0.29, 0.717) is 19.3 Å². The van der Waals surface area contributed by atoms with Crippen molar-refractivity contribution in [3.63, 3.8) is 0 Å². The SMILES string of the molecule is CCCC/C=C\CCCCCCCC(=O)OCC(COC(=O)CCCCCCCCC/C=C\CCCCCCCC)OC(=O)CCCCCCCCCCCCCC. The van der Waals surface area contributed by atoms with Crippen LogP contribution in [0.5, 0.6) is 0 Å². The Morgan fingerprint density at radius 1 is 0.328 bits per heavy atom. The van der Waals surface area contributed by atoms with E-state index >= 15 is 0 Å². The van der Waals surface area contributed by atoms with Crippen LogP contribution in [-0.2, 0) is 28.6 Å². The Kier molecular flexibility index (Phi) is 45.8. The van der Waals surface area contributed by atoms with E-state index in [1.807, 2.05) is 0 Å². The monoisotopic (exact) mass is 817 g/mol. The highest BCUT2D eigenvalue weighted by Gasteiger charge is 2.19. The number of ether oxygens (including phenoxy) is 3. The molecule has 0 radical (unpaired) electrons. The summed E-state index contributed by atoms with van der Waals surface area (Å²) in [5.41, 5.74) is 0. The zero-order valence-electron chi connectivity index (χ0n) is 38.8. The van der Waals surface area contributed by atoms with E-state index < -0.39 is 6.10 Å². The molecule has 0 aromatic carbocycles. The van der Waals surface area contributed by atoms with Crippen molar-refractivity contribution in [3.8, 4) is 0 Å². The van der Waals surface area contributed by atoms with Crippen molar-refractivity contribution >= 4 is 17.9 Å². The number of carbonyl (C=O) groups excluding carboxylic acids is 3. The van der Waals surface area contributed by atoms with Gasteiger partial charge in [0.05, 0.1) is 0 Å². The molecule has 340 valence electrons. The fourth-order valence-corrected chi connectivity index (χ4v) is 7.30. The minimum Gasteiger partial charge on any atom is -0.462 e. The molecule has 0 amide bonds. The minimum absolute atomic E-state index is 0.0728. The van der Waals surface area contributed by atoms with Gasteiger partial charge in [0, 0.05) is 19.3 Å². The molecule has 0 rings (SSSR count). The summed E-state index contributed by atoms with van der Waals surface area (Å²) in [6, 6.07) is 0. The molecule has 1 atom stereocenters. The first-order chi connectivity index (χ1) is 28.5. The Labute approximate surface area is 360 Å². The highest BCUT2D eigenvalue weighted by molar-refractivity contribution is 5.71. The molecule has 0 aliphatic carbocycles. The Hall–Kier alpha value is -2.11. The van der Waals surface area contributed by atoms with Crippen LogP contribution in [0.25, 0.3) is 0 Å². The molecule has 0 N–H and O–H groups in total. The molecule has 0 bridgehead atoms. The fraction of sp³-hybridized carbons (Fsp3) is 0.865. The zero-order valence-corrected chi connectivity index (χ0v) is 38.8. The van der Waals surface area contributed by atoms with E-state index in [2.05, 4.69) is 45.1 Å². The van der Waals surface area contributed by atoms with Crippen molar-refractivity contribution in [2.24, 2.45) is 0 Å². The van der Waals surface area contributed by atoms with Crippen molar-refractivity contribution in [2.75, 3.05) is 13.2 Å². The van der Waals surface area contributed by atoms with Gasteiger partial charge in [-0.15, -0.1) is 0 Å². The summed E-state index contributed by atoms with van der Waals surface area (Å²) in [7, 11) is 0. The van der Waals surface area contributed by atoms with E-state index in [0.717, 1.165) is 64.2 Å². The van der Waals surface area contributed by atoms with E-state index in [1.54, 1.807) is 0 Å². The molecule has 6 heteroatoms. The van der Waals surface area contributed by atoms with Gasteiger partial charge in [-0.3, -0.25) is 14.4 Å². The predicted octanol–water partition coefficient (Wildman–Crippen LogP) is 16.4. The molecular formula is C52H96O6. The molecule has 0 aromatic rings. The Morgan fingerprint density at radius 3 is 0.914 bits per heavy atom. The van der Waals surface area contributed by atoms with Crippen LogP contribution >= 0.6 is 0 Å². The van der Waals surface area contributed by atoms with Gasteiger partial charge in [-0.25, -0.2) is 0 Å². The van der Waals surface area contributed by atoms with Crippen molar-refractivity contribution in [1.29, 1.82) is 0 Å². The first-order valence-electron chi connectivity index (χ1n) is 25.3. The van der Waals surface area contributed by atoms with Crippen molar-refractivity contribution in [1.82, 2.24) is 0 Å². The molecule has 58 heavy (non-hydrogen) atoms. The summed E-state index contributed by atoms with van der Waals surface area (Å²) in [6.45, 7) is 6.60. The van der Waals surface area contributed by atoms with Crippen LogP contribution in [0.4, 0.5) is 0 Å². The van der Waals surface area contributed by atoms with Gasteiger partial charge >= 0.3 is 17.9 Å². The van der Waals surface area contributed by atoms with Gasteiger partial charge < -0.3 is 14.2 Å². The van der Waals surface area contributed by atoms with Crippen molar-refractivity contribution in [3.05, 3.63) is 24.3 Å². The zero-order chi connectivity index (χ0) is 42.3. The Morgan fingerprint density at radius 2 is 0.586 bits per heavy atom. The summed E-state index contributed by atoms with van der Waals surface area (Å²) < 4.78 is 16.8. The van der Waals surface area contributed by atoms with Gasteiger partial charge in [0.25, 0.3) is 0 Å². The summed E-state index contributed by atoms with van der Waals surface area (Å²) in [6.07, 6.45) is 53.0. The van der Waals surface area contributed by atoms with Gasteiger partial charge in [0.1, 0.15) is 13.2 Å². The maximum Gasteiger partial charge on any atom is 0.306 e. The van der Waals surface area contributed by atoms with Crippen LogP contribution < -0.4 is 0 Å². The first kappa shape index (κ1) is 55.9. The topological polar surface area (TPSA) is 78.9 Å². The Bertz CT molecular complexity index is 942. The average Bonchev–Trinajstić information content (AvgIpc) is 3.22. The summed E-state index contributed by atoms with van der Waals surface area (Å²) in [5, 5.41) is 0. The quantitative estimate of drug-likeness (QED) is 0.0263. The molecule has 0 aromatic heterocycles. The molecule has 0 aliphatic rings. The maximum absolute atomic E-state index is 12.7. The Balaban J connectivity index is 4.32. The van der Waals surface area contributed by atoms with Crippen LogP contribution in [0.1, 0.15) is 271 Å². The van der Waals surface area contributed by atoms with E-state index in [-0.39, 0.29) is 31.1 Å². The van der Waals surface area contributed by atoms with E-state index in [4.69, 9.17) is 14.2 Å². The van der Waals surface area contributed by atoms with Gasteiger partial charge in [0.15, 0.2) is 6.10 Å². The number of hydrogen-bond donors (Lipinski definition) is 0. The number of allylic oxidation sites excluding steroid dienone is 4. The number of unbranched alkanes of at least 4 members (excludes halogenated alkanes) is 31. The minimum atomic E-state index is -0.770. The summed E-state index contributed by atoms with van der Waals surface area (Å²) in [4.78, 5) is 37.9. The standard InChI is InChI=1S/C52H96O6/c1-4-7-10-13-16-19-22-24-25-26-27-28-31-33-36-39-42-45-51(54)57-48-49(47-56-50(53)44-41-38-35-32-29-21-18-15-12-9-6-3)58-52(55)46-43-40-37-34-30-23-20-17-14-11-8-5-2/h15,18,24-25,49H,4-14,16-17,19-23,26-48H2,1-3H3/b18-15-,25-24-. The molecule has 0 spiro atoms. The molecule has 0 fully saturated rings. The van der Waals surface area contributed by atoms with Gasteiger partial charge in [-0.2, -0.15) is 0 Å². The highest BCUT2D eigenvalue weighted by Crippen LogP contribution is 2.15. The average molecular weight is 817 g/mol. The predicted molar refractivity (Wildman–Crippen MR) is 247 cm³/mol. The third-order valence-electron chi connectivity index (χ3n) is 11.2. The molecule has 0 aliphatic heterocycles. The molecule has 6 nitrogen and oxygen atoms in total. The van der Waals surface area contributed by atoms with Crippen LogP contribution in [0.3, 0.4) is 0 Å². The number of esters is 3. The van der Waals surface area contributed by atoms with E-state index in [1.165, 1.54) is 167 Å². The number of hydrogen-bond acceptors (Lipinski definition) is 6. The van der Waals surface area contributed by atoms with Crippen LogP contribution in [-0.4, -0.2) is 37.2 Å². The smallest absolute Gasteiger partial charge is 0.306 e. The second-order valence-electron chi connectivity index (χ2n) is 17.1.